The molecule has 0 N–H and O–H groups in total. The molecule has 62 valence electrons. The van der Waals surface area contributed by atoms with E-state index in [2.05, 4.69) is 38.5 Å². The minimum atomic E-state index is 0.679. The average molecular weight is 168 g/mol. The van der Waals surface area contributed by atoms with Gasteiger partial charge in [0.05, 0.1) is 0 Å². The largest absolute Gasteiger partial charge is 0.152 e. The Morgan fingerprint density at radius 3 is 1.55 bits per heavy atom. The maximum atomic E-state index is 2.28. The van der Waals surface area contributed by atoms with Crippen LogP contribution in [0.15, 0.2) is 10.8 Å². The van der Waals surface area contributed by atoms with E-state index in [-0.39, 0.29) is 0 Å². The van der Waals surface area contributed by atoms with E-state index in [0.717, 1.165) is 0 Å². The van der Waals surface area contributed by atoms with Gasteiger partial charge in [0.2, 0.25) is 0 Å². The van der Waals surface area contributed by atoms with Crippen LogP contribution in [0.2, 0.25) is 0 Å². The molecule has 1 aromatic heterocycles. The summed E-state index contributed by atoms with van der Waals surface area (Å²) in [4.78, 5) is 0. The average Bonchev–Trinajstić information content (AvgIpc) is 2.32. The highest BCUT2D eigenvalue weighted by molar-refractivity contribution is 7.08. The summed E-state index contributed by atoms with van der Waals surface area (Å²) in [7, 11) is 0. The molecule has 0 saturated carbocycles. The van der Waals surface area contributed by atoms with E-state index in [1.54, 1.807) is 0 Å². The van der Waals surface area contributed by atoms with Gasteiger partial charge in [-0.15, -0.1) is 0 Å². The predicted molar refractivity (Wildman–Crippen MR) is 52.5 cm³/mol. The van der Waals surface area contributed by atoms with Crippen molar-refractivity contribution in [2.45, 2.75) is 39.5 Å². The highest BCUT2D eigenvalue weighted by Crippen LogP contribution is 2.28. The summed E-state index contributed by atoms with van der Waals surface area (Å²) in [6.45, 7) is 9.03. The van der Waals surface area contributed by atoms with Gasteiger partial charge in [-0.05, 0) is 33.7 Å². The third kappa shape index (κ3) is 1.84. The lowest BCUT2D eigenvalue weighted by molar-refractivity contribution is 0.798. The highest BCUT2D eigenvalue weighted by Gasteiger charge is 2.09. The van der Waals surface area contributed by atoms with Gasteiger partial charge in [0.1, 0.15) is 0 Å². The standard InChI is InChI=1S/C10H16S/c1-7(2)9-5-11-6-10(9)8(3)4/h5-8H,1-4H3. The van der Waals surface area contributed by atoms with E-state index in [1.807, 2.05) is 11.3 Å². The lowest BCUT2D eigenvalue weighted by atomic mass is 9.95. The molecule has 1 rings (SSSR count). The van der Waals surface area contributed by atoms with Crippen LogP contribution in [0.4, 0.5) is 0 Å². The van der Waals surface area contributed by atoms with Gasteiger partial charge in [0.25, 0.3) is 0 Å². The van der Waals surface area contributed by atoms with Gasteiger partial charge in [-0.3, -0.25) is 0 Å². The van der Waals surface area contributed by atoms with E-state index in [1.165, 1.54) is 11.1 Å². The van der Waals surface area contributed by atoms with Crippen LogP contribution in [0.1, 0.15) is 50.7 Å². The quantitative estimate of drug-likeness (QED) is 0.626. The van der Waals surface area contributed by atoms with Crippen molar-refractivity contribution in [1.82, 2.24) is 0 Å². The van der Waals surface area contributed by atoms with Crippen molar-refractivity contribution in [3.63, 3.8) is 0 Å². The zero-order chi connectivity index (χ0) is 8.43. The van der Waals surface area contributed by atoms with Gasteiger partial charge >= 0.3 is 0 Å². The van der Waals surface area contributed by atoms with E-state index >= 15 is 0 Å². The molecule has 0 aromatic carbocycles. The number of thiophene rings is 1. The van der Waals surface area contributed by atoms with Crippen LogP contribution in [-0.2, 0) is 0 Å². The minimum absolute atomic E-state index is 0.679. The van der Waals surface area contributed by atoms with Gasteiger partial charge in [-0.1, -0.05) is 27.7 Å². The number of hydrogen-bond acceptors (Lipinski definition) is 1. The van der Waals surface area contributed by atoms with Gasteiger partial charge in [0, 0.05) is 0 Å². The Balaban J connectivity index is 2.96. The summed E-state index contributed by atoms with van der Waals surface area (Å²) >= 11 is 1.82. The second kappa shape index (κ2) is 3.40. The maximum absolute atomic E-state index is 2.28. The zero-order valence-corrected chi connectivity index (χ0v) is 8.53. The Hall–Kier alpha value is -0.300. The molecule has 0 radical (unpaired) electrons. The fraction of sp³-hybridized carbons (Fsp3) is 0.600. The Bertz CT molecular complexity index is 198. The number of hydrogen-bond donors (Lipinski definition) is 0. The van der Waals surface area contributed by atoms with Gasteiger partial charge < -0.3 is 0 Å². The molecule has 0 nitrogen and oxygen atoms in total. The molecule has 0 amide bonds. The first kappa shape index (κ1) is 8.79. The van der Waals surface area contributed by atoms with Crippen molar-refractivity contribution >= 4 is 11.3 Å². The van der Waals surface area contributed by atoms with E-state index in [0.29, 0.717) is 11.8 Å². The Kier molecular flexibility index (Phi) is 2.72. The van der Waals surface area contributed by atoms with Gasteiger partial charge in [0.15, 0.2) is 0 Å². The Morgan fingerprint density at radius 1 is 0.909 bits per heavy atom. The van der Waals surface area contributed by atoms with Crippen LogP contribution in [0.5, 0.6) is 0 Å². The number of rotatable bonds is 2. The van der Waals surface area contributed by atoms with Gasteiger partial charge in [-0.2, -0.15) is 11.3 Å². The molecular formula is C10H16S. The molecule has 0 aliphatic rings. The van der Waals surface area contributed by atoms with Crippen molar-refractivity contribution in [2.24, 2.45) is 0 Å². The summed E-state index contributed by atoms with van der Waals surface area (Å²) < 4.78 is 0. The zero-order valence-electron chi connectivity index (χ0n) is 7.72. The smallest absolute Gasteiger partial charge is 0.00557 e. The molecule has 0 aliphatic carbocycles. The lowest BCUT2D eigenvalue weighted by Crippen LogP contribution is -1.93. The highest BCUT2D eigenvalue weighted by atomic mass is 32.1. The third-order valence-electron chi connectivity index (χ3n) is 1.97. The maximum Gasteiger partial charge on any atom is -0.00557 e. The van der Waals surface area contributed by atoms with Crippen molar-refractivity contribution in [3.05, 3.63) is 21.9 Å². The molecular weight excluding hydrogens is 152 g/mol. The van der Waals surface area contributed by atoms with Crippen molar-refractivity contribution in [2.75, 3.05) is 0 Å². The molecule has 0 bridgehead atoms. The molecule has 0 atom stereocenters. The van der Waals surface area contributed by atoms with E-state index < -0.39 is 0 Å². The third-order valence-corrected chi connectivity index (χ3v) is 2.75. The Labute approximate surface area is 73.3 Å². The summed E-state index contributed by atoms with van der Waals surface area (Å²) in [5, 5.41) is 4.56. The van der Waals surface area contributed by atoms with Gasteiger partial charge in [-0.25, -0.2) is 0 Å². The lowest BCUT2D eigenvalue weighted by Gasteiger charge is -2.09. The first-order chi connectivity index (χ1) is 5.13. The van der Waals surface area contributed by atoms with Crippen LogP contribution in [0, 0.1) is 0 Å². The molecule has 1 aromatic rings. The molecule has 0 unspecified atom stereocenters. The SMILES string of the molecule is CC(C)c1cscc1C(C)C. The fourth-order valence-corrected chi connectivity index (χ4v) is 2.43. The summed E-state index contributed by atoms with van der Waals surface area (Å²) in [5.41, 5.74) is 3.06. The molecule has 11 heavy (non-hydrogen) atoms. The summed E-state index contributed by atoms with van der Waals surface area (Å²) in [6.07, 6.45) is 0. The summed E-state index contributed by atoms with van der Waals surface area (Å²) in [5.74, 6) is 1.36. The molecule has 1 heterocycles. The minimum Gasteiger partial charge on any atom is -0.152 e. The molecule has 0 spiro atoms. The van der Waals surface area contributed by atoms with E-state index in [9.17, 15) is 0 Å². The molecule has 0 saturated heterocycles. The first-order valence-corrected chi connectivity index (χ1v) is 5.13. The van der Waals surface area contributed by atoms with Crippen LogP contribution in [0.25, 0.3) is 0 Å². The topological polar surface area (TPSA) is 0 Å². The summed E-state index contributed by atoms with van der Waals surface area (Å²) in [6, 6.07) is 0. The van der Waals surface area contributed by atoms with Crippen molar-refractivity contribution < 1.29 is 0 Å². The first-order valence-electron chi connectivity index (χ1n) is 4.19. The Morgan fingerprint density at radius 2 is 1.27 bits per heavy atom. The van der Waals surface area contributed by atoms with Crippen LogP contribution in [0.3, 0.4) is 0 Å². The van der Waals surface area contributed by atoms with Crippen LogP contribution < -0.4 is 0 Å². The second-order valence-electron chi connectivity index (χ2n) is 3.59. The van der Waals surface area contributed by atoms with Crippen molar-refractivity contribution in [3.8, 4) is 0 Å². The molecule has 0 aliphatic heterocycles. The molecule has 0 fully saturated rings. The fourth-order valence-electron chi connectivity index (χ4n) is 1.26. The van der Waals surface area contributed by atoms with Crippen LogP contribution >= 0.6 is 11.3 Å². The predicted octanol–water partition coefficient (Wildman–Crippen LogP) is 3.99. The second-order valence-corrected chi connectivity index (χ2v) is 4.34. The molecule has 1 heteroatoms. The van der Waals surface area contributed by atoms with Crippen molar-refractivity contribution in [1.29, 1.82) is 0 Å². The normalized spacial score (nSPS) is 11.5. The monoisotopic (exact) mass is 168 g/mol. The van der Waals surface area contributed by atoms with E-state index in [4.69, 9.17) is 0 Å². The van der Waals surface area contributed by atoms with Crippen LogP contribution in [-0.4, -0.2) is 0 Å².